The number of ether oxygens (including phenoxy) is 5. The van der Waals surface area contributed by atoms with Gasteiger partial charge in [-0.1, -0.05) is 0 Å². The second-order valence-corrected chi connectivity index (χ2v) is 6.68. The maximum atomic E-state index is 12.8. The van der Waals surface area contributed by atoms with E-state index in [9.17, 15) is 9.59 Å². The number of Topliss-reactive ketones (excluding diaryl/α,β-unsaturated/α-hetero) is 1. The number of aromatic nitrogens is 1. The van der Waals surface area contributed by atoms with Crippen molar-refractivity contribution < 1.29 is 33.3 Å². The Kier molecular flexibility index (Phi) is 5.76. The van der Waals surface area contributed by atoms with Gasteiger partial charge in [0.2, 0.25) is 5.78 Å². The summed E-state index contributed by atoms with van der Waals surface area (Å²) in [5.41, 5.74) is 1.24. The molecule has 4 rings (SSSR count). The van der Waals surface area contributed by atoms with Gasteiger partial charge in [0, 0.05) is 30.1 Å². The number of hydrogen-bond acceptors (Lipinski definition) is 8. The van der Waals surface area contributed by atoms with Crippen LogP contribution < -0.4 is 23.7 Å². The van der Waals surface area contributed by atoms with Crippen LogP contribution in [0.15, 0.2) is 60.6 Å². The van der Waals surface area contributed by atoms with Gasteiger partial charge in [0.25, 0.3) is 0 Å². The van der Waals surface area contributed by atoms with Crippen molar-refractivity contribution in [3.05, 3.63) is 77.3 Å². The maximum Gasteiger partial charge on any atom is 0.345 e. The lowest BCUT2D eigenvalue weighted by atomic mass is 10.1. The topological polar surface area (TPSA) is 93.2 Å². The smallest absolute Gasteiger partial charge is 0.345 e. The van der Waals surface area contributed by atoms with Crippen LogP contribution >= 0.6 is 0 Å². The van der Waals surface area contributed by atoms with Crippen LogP contribution in [0.1, 0.15) is 26.3 Å². The Labute approximate surface area is 184 Å². The first-order valence-electron chi connectivity index (χ1n) is 9.54. The van der Waals surface area contributed by atoms with Gasteiger partial charge in [-0.25, -0.2) is 4.79 Å². The van der Waals surface area contributed by atoms with E-state index in [-0.39, 0.29) is 23.0 Å². The Bertz CT molecular complexity index is 1220. The van der Waals surface area contributed by atoms with Crippen molar-refractivity contribution in [1.29, 1.82) is 0 Å². The van der Waals surface area contributed by atoms with Crippen molar-refractivity contribution >= 4 is 17.8 Å². The first kappa shape index (κ1) is 20.9. The van der Waals surface area contributed by atoms with Crippen molar-refractivity contribution in [3.63, 3.8) is 0 Å². The van der Waals surface area contributed by atoms with Crippen LogP contribution in [0.3, 0.4) is 0 Å². The van der Waals surface area contributed by atoms with Crippen LogP contribution in [0.2, 0.25) is 0 Å². The highest BCUT2D eigenvalue weighted by atomic mass is 16.5. The molecule has 0 unspecified atom stereocenters. The zero-order chi connectivity index (χ0) is 22.7. The Balaban J connectivity index is 1.61. The maximum absolute atomic E-state index is 12.8. The third kappa shape index (κ3) is 3.98. The summed E-state index contributed by atoms with van der Waals surface area (Å²) in [6, 6.07) is 11.2. The molecule has 0 saturated carbocycles. The second-order valence-electron chi connectivity index (χ2n) is 6.68. The molecule has 0 saturated heterocycles. The van der Waals surface area contributed by atoms with Crippen molar-refractivity contribution in [2.45, 2.75) is 0 Å². The number of carbonyl (C=O) groups is 2. The number of hydrogen-bond donors (Lipinski definition) is 0. The van der Waals surface area contributed by atoms with E-state index >= 15 is 0 Å². The molecule has 2 heterocycles. The monoisotopic (exact) mass is 433 g/mol. The zero-order valence-electron chi connectivity index (χ0n) is 17.6. The standard InChI is InChI=1S/C24H19NO7/c1-28-18-12-21(30-3)20(29-2)9-15(18)10-22-23(26)17-7-6-16(11-19(17)32-22)31-24(27)14-5-4-8-25-13-14/h4-13H,1-3H3/b22-10-. The van der Waals surface area contributed by atoms with E-state index in [0.717, 1.165) is 0 Å². The molecule has 1 aliphatic rings. The third-order valence-electron chi connectivity index (χ3n) is 4.77. The number of rotatable bonds is 6. The van der Waals surface area contributed by atoms with Gasteiger partial charge < -0.3 is 23.7 Å². The predicted molar refractivity (Wildman–Crippen MR) is 115 cm³/mol. The zero-order valence-corrected chi connectivity index (χ0v) is 17.6. The van der Waals surface area contributed by atoms with Crippen molar-refractivity contribution in [2.24, 2.45) is 0 Å². The fraction of sp³-hybridized carbons (Fsp3) is 0.125. The average Bonchev–Trinajstić information content (AvgIpc) is 3.13. The molecular weight excluding hydrogens is 414 g/mol. The quantitative estimate of drug-likeness (QED) is 0.328. The molecule has 1 aromatic heterocycles. The van der Waals surface area contributed by atoms with Gasteiger partial charge in [-0.2, -0.15) is 0 Å². The van der Waals surface area contributed by atoms with Crippen molar-refractivity contribution in [3.8, 4) is 28.7 Å². The van der Waals surface area contributed by atoms with E-state index in [1.807, 2.05) is 0 Å². The first-order valence-corrected chi connectivity index (χ1v) is 9.54. The Morgan fingerprint density at radius 3 is 2.41 bits per heavy atom. The summed E-state index contributed by atoms with van der Waals surface area (Å²) in [6.07, 6.45) is 4.53. The largest absolute Gasteiger partial charge is 0.496 e. The number of ketones is 1. The van der Waals surface area contributed by atoms with E-state index in [4.69, 9.17) is 23.7 Å². The average molecular weight is 433 g/mol. The fourth-order valence-corrected chi connectivity index (χ4v) is 3.19. The van der Waals surface area contributed by atoms with Gasteiger partial charge in [-0.3, -0.25) is 9.78 Å². The van der Waals surface area contributed by atoms with Gasteiger partial charge in [-0.05, 0) is 36.4 Å². The molecule has 8 nitrogen and oxygen atoms in total. The van der Waals surface area contributed by atoms with Gasteiger partial charge in [0.1, 0.15) is 17.2 Å². The summed E-state index contributed by atoms with van der Waals surface area (Å²) < 4.78 is 27.1. The minimum Gasteiger partial charge on any atom is -0.496 e. The van der Waals surface area contributed by atoms with Crippen LogP contribution in [0, 0.1) is 0 Å². The van der Waals surface area contributed by atoms with Crippen LogP contribution in [-0.4, -0.2) is 38.1 Å². The fourth-order valence-electron chi connectivity index (χ4n) is 3.19. The van der Waals surface area contributed by atoms with Gasteiger partial charge >= 0.3 is 5.97 Å². The first-order chi connectivity index (χ1) is 15.5. The summed E-state index contributed by atoms with van der Waals surface area (Å²) in [5.74, 6) is 1.22. The number of methoxy groups -OCH3 is 3. The van der Waals surface area contributed by atoms with Gasteiger partial charge in [-0.15, -0.1) is 0 Å². The number of nitrogens with zero attached hydrogens (tertiary/aromatic N) is 1. The molecule has 2 aromatic carbocycles. The van der Waals surface area contributed by atoms with E-state index in [2.05, 4.69) is 4.98 Å². The number of carbonyl (C=O) groups excluding carboxylic acids is 2. The van der Waals surface area contributed by atoms with E-state index in [1.165, 1.54) is 39.7 Å². The summed E-state index contributed by atoms with van der Waals surface area (Å²) >= 11 is 0. The normalized spacial score (nSPS) is 13.3. The number of pyridine rings is 1. The summed E-state index contributed by atoms with van der Waals surface area (Å²) in [6.45, 7) is 0. The number of esters is 1. The van der Waals surface area contributed by atoms with Crippen molar-refractivity contribution in [1.82, 2.24) is 4.98 Å². The number of fused-ring (bicyclic) bond motifs is 1. The van der Waals surface area contributed by atoms with Gasteiger partial charge in [0.15, 0.2) is 17.3 Å². The Hall–Kier alpha value is -4.33. The molecule has 162 valence electrons. The Morgan fingerprint density at radius 2 is 1.72 bits per heavy atom. The molecule has 0 atom stereocenters. The highest BCUT2D eigenvalue weighted by Crippen LogP contribution is 2.39. The lowest BCUT2D eigenvalue weighted by molar-refractivity contribution is 0.0734. The van der Waals surface area contributed by atoms with Crippen LogP contribution in [0.4, 0.5) is 0 Å². The van der Waals surface area contributed by atoms with E-state index in [0.29, 0.717) is 33.9 Å². The minimum atomic E-state index is -0.562. The van der Waals surface area contributed by atoms with Crippen LogP contribution in [-0.2, 0) is 0 Å². The van der Waals surface area contributed by atoms with Crippen LogP contribution in [0.25, 0.3) is 6.08 Å². The molecule has 0 fully saturated rings. The molecule has 0 radical (unpaired) electrons. The summed E-state index contributed by atoms with van der Waals surface area (Å²) in [7, 11) is 4.55. The molecule has 0 N–H and O–H groups in total. The molecule has 1 aliphatic heterocycles. The summed E-state index contributed by atoms with van der Waals surface area (Å²) in [4.78, 5) is 29.0. The SMILES string of the molecule is COc1cc(OC)c(OC)cc1/C=C1\Oc2cc(OC(=O)c3cccnc3)ccc2C1=O. The molecular formula is C24H19NO7. The molecule has 32 heavy (non-hydrogen) atoms. The molecule has 0 spiro atoms. The van der Waals surface area contributed by atoms with Crippen molar-refractivity contribution in [2.75, 3.05) is 21.3 Å². The molecule has 8 heteroatoms. The lowest BCUT2D eigenvalue weighted by Crippen LogP contribution is -2.08. The minimum absolute atomic E-state index is 0.0984. The second kappa shape index (κ2) is 8.81. The molecule has 0 bridgehead atoms. The van der Waals surface area contributed by atoms with Crippen LogP contribution in [0.5, 0.6) is 28.7 Å². The third-order valence-corrected chi connectivity index (χ3v) is 4.77. The predicted octanol–water partition coefficient (Wildman–Crippen LogP) is 3.94. The highest BCUT2D eigenvalue weighted by molar-refractivity contribution is 6.14. The highest BCUT2D eigenvalue weighted by Gasteiger charge is 2.28. The molecule has 3 aromatic rings. The van der Waals surface area contributed by atoms with E-state index in [1.54, 1.807) is 42.6 Å². The van der Waals surface area contributed by atoms with Gasteiger partial charge in [0.05, 0.1) is 32.5 Å². The summed E-state index contributed by atoms with van der Waals surface area (Å²) in [5, 5.41) is 0. The Morgan fingerprint density at radius 1 is 0.969 bits per heavy atom. The van der Waals surface area contributed by atoms with E-state index < -0.39 is 5.97 Å². The number of benzene rings is 2. The molecule has 0 aliphatic carbocycles. The number of allylic oxidation sites excluding steroid dienone is 1. The lowest BCUT2D eigenvalue weighted by Gasteiger charge is -2.12. The molecule has 0 amide bonds.